The summed E-state index contributed by atoms with van der Waals surface area (Å²) in [5, 5.41) is 5.50. The van der Waals surface area contributed by atoms with E-state index < -0.39 is 0 Å². The highest BCUT2D eigenvalue weighted by molar-refractivity contribution is 5.97. The van der Waals surface area contributed by atoms with Crippen LogP contribution >= 0.6 is 0 Å². The lowest BCUT2D eigenvalue weighted by atomic mass is 10.0. The number of anilines is 1. The molecule has 7 nitrogen and oxygen atoms in total. The summed E-state index contributed by atoms with van der Waals surface area (Å²) in [7, 11) is 4.88. The van der Waals surface area contributed by atoms with E-state index >= 15 is 0 Å². The Bertz CT molecular complexity index is 884. The molecular formula is C22H28N3O4+. The number of hydrogen-bond acceptors (Lipinski definition) is 4. The second-order valence-corrected chi connectivity index (χ2v) is 7.10. The number of carbonyl (C=O) groups excluding carboxylic acids is 2. The number of rotatable bonds is 7. The van der Waals surface area contributed by atoms with Crippen molar-refractivity contribution in [3.05, 3.63) is 53.6 Å². The first-order valence-electron chi connectivity index (χ1n) is 9.74. The van der Waals surface area contributed by atoms with Gasteiger partial charge in [0.1, 0.15) is 17.5 Å². The van der Waals surface area contributed by atoms with Crippen LogP contribution in [0.3, 0.4) is 0 Å². The number of ether oxygens (including phenoxy) is 2. The minimum atomic E-state index is -0.184. The fourth-order valence-corrected chi connectivity index (χ4v) is 3.90. The van der Waals surface area contributed by atoms with E-state index in [9.17, 15) is 9.59 Å². The van der Waals surface area contributed by atoms with E-state index in [-0.39, 0.29) is 17.9 Å². The summed E-state index contributed by atoms with van der Waals surface area (Å²) >= 11 is 0. The van der Waals surface area contributed by atoms with Gasteiger partial charge in [-0.2, -0.15) is 0 Å². The van der Waals surface area contributed by atoms with Crippen LogP contribution in [0.25, 0.3) is 0 Å². The first kappa shape index (κ1) is 20.7. The smallest absolute Gasteiger partial charge is 0.279 e. The van der Waals surface area contributed by atoms with Gasteiger partial charge in [-0.1, -0.05) is 6.07 Å². The van der Waals surface area contributed by atoms with E-state index in [2.05, 4.69) is 10.6 Å². The Labute approximate surface area is 171 Å². The van der Waals surface area contributed by atoms with Gasteiger partial charge in [-0.15, -0.1) is 0 Å². The van der Waals surface area contributed by atoms with Crippen molar-refractivity contribution >= 4 is 17.5 Å². The summed E-state index contributed by atoms with van der Waals surface area (Å²) in [4.78, 5) is 25.7. The predicted molar refractivity (Wildman–Crippen MR) is 111 cm³/mol. The van der Waals surface area contributed by atoms with Crippen molar-refractivity contribution in [1.82, 2.24) is 5.32 Å². The maximum absolute atomic E-state index is 12.7. The molecule has 3 rings (SSSR count). The summed E-state index contributed by atoms with van der Waals surface area (Å²) in [6.45, 7) is 1.26. The number of quaternary nitrogens is 1. The summed E-state index contributed by atoms with van der Waals surface area (Å²) < 4.78 is 10.9. The van der Waals surface area contributed by atoms with Crippen molar-refractivity contribution in [3.8, 4) is 11.5 Å². The molecule has 2 aromatic carbocycles. The number of amides is 2. The van der Waals surface area contributed by atoms with Crippen LogP contribution in [0.2, 0.25) is 0 Å². The molecule has 0 spiro atoms. The van der Waals surface area contributed by atoms with Crippen LogP contribution in [0.15, 0.2) is 42.5 Å². The van der Waals surface area contributed by atoms with Crippen molar-refractivity contribution in [2.75, 3.05) is 39.7 Å². The van der Waals surface area contributed by atoms with Crippen LogP contribution in [-0.4, -0.2) is 46.2 Å². The predicted octanol–water partition coefficient (Wildman–Crippen LogP) is 1.42. The minimum absolute atomic E-state index is 0.0807. The highest BCUT2D eigenvalue weighted by Gasteiger charge is 2.34. The first-order valence-corrected chi connectivity index (χ1v) is 9.74. The Hall–Kier alpha value is -3.06. The number of benzene rings is 2. The number of methoxy groups -OCH3 is 2. The van der Waals surface area contributed by atoms with Crippen molar-refractivity contribution in [3.63, 3.8) is 0 Å². The number of likely N-dealkylation sites (tertiary alicyclic amines) is 1. The quantitative estimate of drug-likeness (QED) is 0.659. The normalized spacial score (nSPS) is 18.2. The molecule has 0 saturated carbocycles. The fourth-order valence-electron chi connectivity index (χ4n) is 3.90. The first-order chi connectivity index (χ1) is 14.0. The van der Waals surface area contributed by atoms with Crippen LogP contribution in [0.1, 0.15) is 34.8 Å². The molecule has 1 unspecified atom stereocenters. The maximum atomic E-state index is 12.7. The summed E-state index contributed by atoms with van der Waals surface area (Å²) in [6, 6.07) is 12.9. The van der Waals surface area contributed by atoms with Crippen molar-refractivity contribution in [2.45, 2.75) is 18.9 Å². The van der Waals surface area contributed by atoms with Gasteiger partial charge in [-0.05, 0) is 36.4 Å². The molecule has 2 atom stereocenters. The van der Waals surface area contributed by atoms with Gasteiger partial charge in [0.15, 0.2) is 6.54 Å². The zero-order valence-corrected chi connectivity index (χ0v) is 17.1. The second-order valence-electron chi connectivity index (χ2n) is 7.10. The lowest BCUT2D eigenvalue weighted by molar-refractivity contribution is -0.910. The van der Waals surface area contributed by atoms with Crippen LogP contribution < -0.4 is 25.0 Å². The third kappa shape index (κ3) is 4.86. The molecule has 2 amide bonds. The van der Waals surface area contributed by atoms with Gasteiger partial charge < -0.3 is 25.0 Å². The fraction of sp³-hybridized carbons (Fsp3) is 0.364. The van der Waals surface area contributed by atoms with E-state index in [1.165, 1.54) is 4.90 Å². The number of carbonyl (C=O) groups is 2. The Balaban J connectivity index is 1.71. The largest absolute Gasteiger partial charge is 0.497 e. The summed E-state index contributed by atoms with van der Waals surface area (Å²) in [5.41, 5.74) is 2.19. The number of nitrogens with one attached hydrogen (secondary N) is 3. The van der Waals surface area contributed by atoms with Crippen molar-refractivity contribution in [2.24, 2.45) is 0 Å². The maximum Gasteiger partial charge on any atom is 0.279 e. The second kappa shape index (κ2) is 9.43. The Morgan fingerprint density at radius 3 is 2.69 bits per heavy atom. The Kier molecular flexibility index (Phi) is 6.72. The molecule has 1 heterocycles. The molecule has 2 aromatic rings. The Morgan fingerprint density at radius 2 is 1.97 bits per heavy atom. The number of hydrogen-bond donors (Lipinski definition) is 3. The molecule has 0 bridgehead atoms. The monoisotopic (exact) mass is 398 g/mol. The van der Waals surface area contributed by atoms with Gasteiger partial charge in [-0.25, -0.2) is 0 Å². The molecule has 1 saturated heterocycles. The third-order valence-corrected chi connectivity index (χ3v) is 5.32. The summed E-state index contributed by atoms with van der Waals surface area (Å²) in [5.74, 6) is 1.33. The van der Waals surface area contributed by atoms with Crippen LogP contribution in [0.5, 0.6) is 11.5 Å². The van der Waals surface area contributed by atoms with Gasteiger partial charge in [0.25, 0.3) is 11.8 Å². The molecule has 154 valence electrons. The van der Waals surface area contributed by atoms with E-state index in [1.54, 1.807) is 45.5 Å². The molecule has 7 heteroatoms. The van der Waals surface area contributed by atoms with Gasteiger partial charge in [0.05, 0.1) is 26.3 Å². The topological polar surface area (TPSA) is 81.1 Å². The Morgan fingerprint density at radius 1 is 1.14 bits per heavy atom. The molecule has 3 N–H and O–H groups in total. The third-order valence-electron chi connectivity index (χ3n) is 5.32. The van der Waals surface area contributed by atoms with Crippen molar-refractivity contribution < 1.29 is 24.0 Å². The minimum Gasteiger partial charge on any atom is -0.497 e. The van der Waals surface area contributed by atoms with E-state index in [1.807, 2.05) is 18.2 Å². The van der Waals surface area contributed by atoms with Crippen LogP contribution in [-0.2, 0) is 4.79 Å². The lowest BCUT2D eigenvalue weighted by Crippen LogP contribution is -3.11. The molecule has 1 aliphatic heterocycles. The molecule has 29 heavy (non-hydrogen) atoms. The zero-order chi connectivity index (χ0) is 20.8. The standard InChI is InChI=1S/C22H27N3O4/c1-23-22(27)15-6-4-7-16(12-15)24-21(26)14-25-11-5-8-19(25)18-13-17(28-2)9-10-20(18)29-3/h4,6-7,9-10,12-13,19H,5,8,11,14H2,1-3H3,(H,23,27)(H,24,26)/p+1/t19-/m0/s1. The van der Waals surface area contributed by atoms with Crippen molar-refractivity contribution in [1.29, 1.82) is 0 Å². The zero-order valence-electron chi connectivity index (χ0n) is 17.1. The van der Waals surface area contributed by atoms with Gasteiger partial charge in [-0.3, -0.25) is 9.59 Å². The molecular weight excluding hydrogens is 370 g/mol. The highest BCUT2D eigenvalue weighted by Crippen LogP contribution is 2.31. The lowest BCUT2D eigenvalue weighted by Gasteiger charge is -2.23. The van der Waals surface area contributed by atoms with Crippen LogP contribution in [0, 0.1) is 0 Å². The SMILES string of the molecule is CNC(=O)c1cccc(NC(=O)C[NH+]2CCC[C@H]2c2cc(OC)ccc2OC)c1. The molecule has 0 aromatic heterocycles. The van der Waals surface area contributed by atoms with Gasteiger partial charge in [0, 0.05) is 31.1 Å². The molecule has 1 aliphatic rings. The highest BCUT2D eigenvalue weighted by atomic mass is 16.5. The molecule has 0 aliphatic carbocycles. The average Bonchev–Trinajstić information content (AvgIpc) is 3.20. The van der Waals surface area contributed by atoms with Gasteiger partial charge >= 0.3 is 0 Å². The van der Waals surface area contributed by atoms with Crippen LogP contribution in [0.4, 0.5) is 5.69 Å². The van der Waals surface area contributed by atoms with E-state index in [0.717, 1.165) is 36.4 Å². The van der Waals surface area contributed by atoms with E-state index in [4.69, 9.17) is 9.47 Å². The molecule has 0 radical (unpaired) electrons. The average molecular weight is 398 g/mol. The summed E-state index contributed by atoms with van der Waals surface area (Å²) in [6.07, 6.45) is 2.03. The molecule has 1 fully saturated rings. The van der Waals surface area contributed by atoms with Gasteiger partial charge in [0.2, 0.25) is 0 Å². The van der Waals surface area contributed by atoms with E-state index in [0.29, 0.717) is 17.8 Å².